The molecule has 4 nitrogen and oxygen atoms in total. The lowest BCUT2D eigenvalue weighted by Crippen LogP contribution is -2.45. The summed E-state index contributed by atoms with van der Waals surface area (Å²) in [5, 5.41) is 3.02. The van der Waals surface area contributed by atoms with Crippen LogP contribution in [0.4, 0.5) is 0 Å². The molecule has 1 fully saturated rings. The van der Waals surface area contributed by atoms with E-state index >= 15 is 0 Å². The highest BCUT2D eigenvalue weighted by Crippen LogP contribution is 2.23. The number of benzene rings is 1. The van der Waals surface area contributed by atoms with Crippen molar-refractivity contribution in [1.29, 1.82) is 0 Å². The van der Waals surface area contributed by atoms with Crippen LogP contribution in [0.1, 0.15) is 55.5 Å². The summed E-state index contributed by atoms with van der Waals surface area (Å²) < 4.78 is 5.26. The van der Waals surface area contributed by atoms with Crippen molar-refractivity contribution >= 4 is 11.9 Å². The fraction of sp³-hybridized carbons (Fsp3) is 0.556. The van der Waals surface area contributed by atoms with E-state index in [1.54, 1.807) is 19.1 Å². The van der Waals surface area contributed by atoms with Crippen LogP contribution in [0.15, 0.2) is 24.3 Å². The van der Waals surface area contributed by atoms with Gasteiger partial charge in [0.05, 0.1) is 5.56 Å². The average Bonchev–Trinajstić information content (AvgIpc) is 2.50. The highest BCUT2D eigenvalue weighted by Gasteiger charge is 2.26. The van der Waals surface area contributed by atoms with Crippen molar-refractivity contribution in [2.24, 2.45) is 5.92 Å². The van der Waals surface area contributed by atoms with E-state index in [4.69, 9.17) is 4.74 Å². The quantitative estimate of drug-likeness (QED) is 0.869. The van der Waals surface area contributed by atoms with E-state index < -0.39 is 12.1 Å². The SMILES string of the molecule is Cc1ccc(C(=O)O[C@@H](C)C(=O)N[C@H]2CCCC[C@@H]2C)cc1. The molecule has 1 amide bonds. The zero-order valence-corrected chi connectivity index (χ0v) is 13.6. The third kappa shape index (κ3) is 4.33. The Hall–Kier alpha value is -1.84. The van der Waals surface area contributed by atoms with Crippen LogP contribution in [0.3, 0.4) is 0 Å². The van der Waals surface area contributed by atoms with E-state index in [0.717, 1.165) is 24.8 Å². The Kier molecular flexibility index (Phi) is 5.58. The molecule has 0 heterocycles. The van der Waals surface area contributed by atoms with Gasteiger partial charge in [-0.2, -0.15) is 0 Å². The molecule has 1 N–H and O–H groups in total. The normalized spacial score (nSPS) is 22.7. The number of nitrogens with one attached hydrogen (secondary N) is 1. The number of amides is 1. The first-order valence-electron chi connectivity index (χ1n) is 8.05. The van der Waals surface area contributed by atoms with Gasteiger partial charge in [0, 0.05) is 6.04 Å². The van der Waals surface area contributed by atoms with Crippen molar-refractivity contribution in [3.8, 4) is 0 Å². The number of esters is 1. The molecule has 0 unspecified atom stereocenters. The van der Waals surface area contributed by atoms with Crippen LogP contribution in [0.25, 0.3) is 0 Å². The van der Waals surface area contributed by atoms with Crippen LogP contribution in [0.2, 0.25) is 0 Å². The lowest BCUT2D eigenvalue weighted by atomic mass is 9.86. The zero-order chi connectivity index (χ0) is 16.1. The van der Waals surface area contributed by atoms with Crippen LogP contribution in [0.5, 0.6) is 0 Å². The molecule has 1 aliphatic carbocycles. The molecule has 0 spiro atoms. The first-order chi connectivity index (χ1) is 10.5. The van der Waals surface area contributed by atoms with Gasteiger partial charge in [0.25, 0.3) is 5.91 Å². The van der Waals surface area contributed by atoms with E-state index in [-0.39, 0.29) is 11.9 Å². The van der Waals surface area contributed by atoms with Gasteiger partial charge in [-0.25, -0.2) is 4.79 Å². The molecule has 2 rings (SSSR count). The summed E-state index contributed by atoms with van der Waals surface area (Å²) >= 11 is 0. The monoisotopic (exact) mass is 303 g/mol. The second-order valence-corrected chi connectivity index (χ2v) is 6.29. The molecule has 0 saturated heterocycles. The van der Waals surface area contributed by atoms with Gasteiger partial charge in [0.15, 0.2) is 6.10 Å². The van der Waals surface area contributed by atoms with Gasteiger partial charge in [-0.15, -0.1) is 0 Å². The number of aryl methyl sites for hydroxylation is 1. The summed E-state index contributed by atoms with van der Waals surface area (Å²) in [6, 6.07) is 7.33. The summed E-state index contributed by atoms with van der Waals surface area (Å²) in [5.41, 5.74) is 1.55. The fourth-order valence-corrected chi connectivity index (χ4v) is 2.80. The predicted octanol–water partition coefficient (Wildman–Crippen LogP) is 3.24. The van der Waals surface area contributed by atoms with Gasteiger partial charge in [0.1, 0.15) is 0 Å². The zero-order valence-electron chi connectivity index (χ0n) is 13.6. The highest BCUT2D eigenvalue weighted by atomic mass is 16.5. The number of carbonyl (C=O) groups is 2. The lowest BCUT2D eigenvalue weighted by molar-refractivity contribution is -0.130. The molecule has 22 heavy (non-hydrogen) atoms. The Morgan fingerprint density at radius 2 is 1.82 bits per heavy atom. The van der Waals surface area contributed by atoms with Crippen molar-refractivity contribution in [3.63, 3.8) is 0 Å². The number of carbonyl (C=O) groups excluding carboxylic acids is 2. The smallest absolute Gasteiger partial charge is 0.338 e. The number of rotatable bonds is 4. The minimum absolute atomic E-state index is 0.196. The molecule has 3 atom stereocenters. The van der Waals surface area contributed by atoms with E-state index in [1.807, 2.05) is 19.1 Å². The van der Waals surface area contributed by atoms with Crippen molar-refractivity contribution < 1.29 is 14.3 Å². The van der Waals surface area contributed by atoms with Gasteiger partial charge in [-0.1, -0.05) is 37.5 Å². The summed E-state index contributed by atoms with van der Waals surface area (Å²) in [6.07, 6.45) is 3.75. The minimum Gasteiger partial charge on any atom is -0.449 e. The maximum atomic E-state index is 12.2. The molecule has 1 aromatic carbocycles. The number of ether oxygens (including phenoxy) is 1. The molecule has 1 aliphatic rings. The van der Waals surface area contributed by atoms with Crippen molar-refractivity contribution in [2.75, 3.05) is 0 Å². The molecule has 0 radical (unpaired) electrons. The molecule has 1 aromatic rings. The molecule has 0 aliphatic heterocycles. The van der Waals surface area contributed by atoms with Crippen LogP contribution in [0, 0.1) is 12.8 Å². The van der Waals surface area contributed by atoms with Gasteiger partial charge in [-0.05, 0) is 44.7 Å². The van der Waals surface area contributed by atoms with E-state index in [2.05, 4.69) is 12.2 Å². The Morgan fingerprint density at radius 1 is 1.18 bits per heavy atom. The van der Waals surface area contributed by atoms with Crippen LogP contribution < -0.4 is 5.32 Å². The third-order valence-electron chi connectivity index (χ3n) is 4.38. The fourth-order valence-electron chi connectivity index (χ4n) is 2.80. The second kappa shape index (κ2) is 7.43. The van der Waals surface area contributed by atoms with E-state index in [1.165, 1.54) is 6.42 Å². The molecular formula is C18H25NO3. The maximum absolute atomic E-state index is 12.2. The van der Waals surface area contributed by atoms with Gasteiger partial charge >= 0.3 is 5.97 Å². The summed E-state index contributed by atoms with van der Waals surface area (Å²) in [5.74, 6) is -0.184. The molecule has 0 bridgehead atoms. The minimum atomic E-state index is -0.775. The Bertz CT molecular complexity index is 524. The molecule has 120 valence electrons. The Morgan fingerprint density at radius 3 is 2.45 bits per heavy atom. The molecule has 1 saturated carbocycles. The van der Waals surface area contributed by atoms with Crippen LogP contribution in [-0.2, 0) is 9.53 Å². The predicted molar refractivity (Wildman–Crippen MR) is 85.6 cm³/mol. The summed E-state index contributed by atoms with van der Waals surface area (Å²) in [7, 11) is 0. The summed E-state index contributed by atoms with van der Waals surface area (Å²) in [4.78, 5) is 24.2. The Balaban J connectivity index is 1.87. The second-order valence-electron chi connectivity index (χ2n) is 6.29. The standard InChI is InChI=1S/C18H25NO3/c1-12-8-10-15(11-9-12)18(21)22-14(3)17(20)19-16-7-5-4-6-13(16)2/h8-11,13-14,16H,4-7H2,1-3H3,(H,19,20)/t13-,14-,16-/m0/s1. The number of hydrogen-bond donors (Lipinski definition) is 1. The maximum Gasteiger partial charge on any atom is 0.338 e. The van der Waals surface area contributed by atoms with Gasteiger partial charge in [-0.3, -0.25) is 4.79 Å². The first-order valence-corrected chi connectivity index (χ1v) is 8.05. The highest BCUT2D eigenvalue weighted by molar-refractivity contribution is 5.92. The van der Waals surface area contributed by atoms with Crippen molar-refractivity contribution in [3.05, 3.63) is 35.4 Å². The lowest BCUT2D eigenvalue weighted by Gasteiger charge is -2.30. The van der Waals surface area contributed by atoms with E-state index in [0.29, 0.717) is 11.5 Å². The van der Waals surface area contributed by atoms with Gasteiger partial charge < -0.3 is 10.1 Å². The molecule has 0 aromatic heterocycles. The average molecular weight is 303 g/mol. The van der Waals surface area contributed by atoms with Crippen LogP contribution in [-0.4, -0.2) is 24.0 Å². The Labute approximate surface area is 132 Å². The third-order valence-corrected chi connectivity index (χ3v) is 4.38. The largest absolute Gasteiger partial charge is 0.449 e. The topological polar surface area (TPSA) is 55.4 Å². The van der Waals surface area contributed by atoms with Crippen LogP contribution >= 0.6 is 0 Å². The number of hydrogen-bond acceptors (Lipinski definition) is 3. The molecule has 4 heteroatoms. The van der Waals surface area contributed by atoms with Crippen molar-refractivity contribution in [2.45, 2.75) is 58.6 Å². The summed E-state index contributed by atoms with van der Waals surface area (Å²) in [6.45, 7) is 5.73. The molecular weight excluding hydrogens is 278 g/mol. The van der Waals surface area contributed by atoms with Crippen molar-refractivity contribution in [1.82, 2.24) is 5.32 Å². The van der Waals surface area contributed by atoms with Gasteiger partial charge in [0.2, 0.25) is 0 Å². The van der Waals surface area contributed by atoms with E-state index in [9.17, 15) is 9.59 Å². The first kappa shape index (κ1) is 16.5.